The van der Waals surface area contributed by atoms with Crippen LogP contribution < -0.4 is 4.90 Å². The number of rotatable bonds is 5. The van der Waals surface area contributed by atoms with Gasteiger partial charge in [0.2, 0.25) is 0 Å². The smallest absolute Gasteiger partial charge is 0.0947 e. The van der Waals surface area contributed by atoms with Crippen molar-refractivity contribution in [1.82, 2.24) is 4.98 Å². The summed E-state index contributed by atoms with van der Waals surface area (Å²) in [6, 6.07) is 3.80. The number of hydrogen-bond donors (Lipinski definition) is 1. The van der Waals surface area contributed by atoms with Gasteiger partial charge < -0.3 is 14.7 Å². The molecule has 0 aliphatic carbocycles. The van der Waals surface area contributed by atoms with Crippen molar-refractivity contribution in [3.05, 3.63) is 24.5 Å². The van der Waals surface area contributed by atoms with Crippen LogP contribution in [0.1, 0.15) is 0 Å². The van der Waals surface area contributed by atoms with E-state index in [1.165, 1.54) is 0 Å². The Labute approximate surface area is 84.1 Å². The summed E-state index contributed by atoms with van der Waals surface area (Å²) in [5, 5.41) is 9.50. The van der Waals surface area contributed by atoms with Crippen LogP contribution in [-0.2, 0) is 4.74 Å². The largest absolute Gasteiger partial charge is 0.389 e. The zero-order valence-electron chi connectivity index (χ0n) is 8.55. The SMILES string of the molecule is COCC(O)CN(C)c1ccncc1. The van der Waals surface area contributed by atoms with Gasteiger partial charge in [-0.15, -0.1) is 0 Å². The number of aromatic nitrogens is 1. The van der Waals surface area contributed by atoms with Crippen LogP contribution in [0.4, 0.5) is 5.69 Å². The topological polar surface area (TPSA) is 45.6 Å². The van der Waals surface area contributed by atoms with Crippen LogP contribution in [0.2, 0.25) is 0 Å². The molecule has 1 aromatic heterocycles. The van der Waals surface area contributed by atoms with Crippen LogP contribution in [-0.4, -0.2) is 43.5 Å². The number of pyridine rings is 1. The molecule has 1 rings (SSSR count). The third-order valence-corrected chi connectivity index (χ3v) is 1.95. The van der Waals surface area contributed by atoms with Crippen molar-refractivity contribution in [3.8, 4) is 0 Å². The molecule has 1 aromatic rings. The van der Waals surface area contributed by atoms with Crippen LogP contribution in [0.3, 0.4) is 0 Å². The molecule has 14 heavy (non-hydrogen) atoms. The van der Waals surface area contributed by atoms with E-state index in [2.05, 4.69) is 4.98 Å². The number of likely N-dealkylation sites (N-methyl/N-ethyl adjacent to an activating group) is 1. The molecule has 0 aliphatic heterocycles. The minimum absolute atomic E-state index is 0.357. The number of nitrogens with zero attached hydrogens (tertiary/aromatic N) is 2. The minimum Gasteiger partial charge on any atom is -0.389 e. The monoisotopic (exact) mass is 196 g/mol. The molecule has 0 amide bonds. The number of aliphatic hydroxyl groups is 1. The van der Waals surface area contributed by atoms with E-state index < -0.39 is 6.10 Å². The van der Waals surface area contributed by atoms with Crippen molar-refractivity contribution in [2.24, 2.45) is 0 Å². The maximum atomic E-state index is 9.50. The Kier molecular flexibility index (Phi) is 4.35. The van der Waals surface area contributed by atoms with Gasteiger partial charge in [-0.05, 0) is 12.1 Å². The van der Waals surface area contributed by atoms with E-state index in [1.54, 1.807) is 19.5 Å². The molecule has 0 fully saturated rings. The minimum atomic E-state index is -0.460. The molecule has 0 aliphatic rings. The Morgan fingerprint density at radius 3 is 2.71 bits per heavy atom. The molecule has 78 valence electrons. The number of aliphatic hydroxyl groups excluding tert-OH is 1. The van der Waals surface area contributed by atoms with Gasteiger partial charge in [0.05, 0.1) is 12.7 Å². The first-order valence-corrected chi connectivity index (χ1v) is 4.52. The van der Waals surface area contributed by atoms with Crippen molar-refractivity contribution in [2.75, 3.05) is 32.2 Å². The lowest BCUT2D eigenvalue weighted by molar-refractivity contribution is 0.0695. The third-order valence-electron chi connectivity index (χ3n) is 1.95. The molecule has 1 atom stereocenters. The zero-order chi connectivity index (χ0) is 10.4. The van der Waals surface area contributed by atoms with Gasteiger partial charge in [-0.25, -0.2) is 0 Å². The van der Waals surface area contributed by atoms with E-state index in [-0.39, 0.29) is 0 Å². The van der Waals surface area contributed by atoms with E-state index in [0.29, 0.717) is 13.2 Å². The Balaban J connectivity index is 2.46. The summed E-state index contributed by atoms with van der Waals surface area (Å²) in [5.41, 5.74) is 1.04. The maximum Gasteiger partial charge on any atom is 0.0947 e. The van der Waals surface area contributed by atoms with E-state index in [9.17, 15) is 5.11 Å². The second kappa shape index (κ2) is 5.57. The highest BCUT2D eigenvalue weighted by molar-refractivity contribution is 5.43. The summed E-state index contributed by atoms with van der Waals surface area (Å²) >= 11 is 0. The van der Waals surface area contributed by atoms with Gasteiger partial charge in [0.25, 0.3) is 0 Å². The summed E-state index contributed by atoms with van der Waals surface area (Å²) in [7, 11) is 3.50. The average Bonchev–Trinajstić information content (AvgIpc) is 2.19. The van der Waals surface area contributed by atoms with Crippen LogP contribution >= 0.6 is 0 Å². The summed E-state index contributed by atoms with van der Waals surface area (Å²) in [5.74, 6) is 0. The molecule has 1 unspecified atom stereocenters. The third kappa shape index (κ3) is 3.32. The summed E-state index contributed by atoms with van der Waals surface area (Å²) in [4.78, 5) is 5.89. The van der Waals surface area contributed by atoms with E-state index >= 15 is 0 Å². The lowest BCUT2D eigenvalue weighted by Crippen LogP contribution is -2.31. The summed E-state index contributed by atoms with van der Waals surface area (Å²) in [6.07, 6.45) is 3.00. The van der Waals surface area contributed by atoms with E-state index in [1.807, 2.05) is 24.1 Å². The molecule has 0 bridgehead atoms. The predicted octanol–water partition coefficient (Wildman–Crippen LogP) is 0.525. The summed E-state index contributed by atoms with van der Waals surface area (Å²) < 4.78 is 4.85. The average molecular weight is 196 g/mol. The van der Waals surface area contributed by atoms with Gasteiger partial charge >= 0.3 is 0 Å². The predicted molar refractivity (Wildman–Crippen MR) is 55.4 cm³/mol. The first-order chi connectivity index (χ1) is 6.74. The normalized spacial score (nSPS) is 12.5. The zero-order valence-corrected chi connectivity index (χ0v) is 8.55. The van der Waals surface area contributed by atoms with Crippen LogP contribution in [0.25, 0.3) is 0 Å². The van der Waals surface area contributed by atoms with E-state index in [0.717, 1.165) is 5.69 Å². The van der Waals surface area contributed by atoms with Gasteiger partial charge in [-0.1, -0.05) is 0 Å². The fourth-order valence-electron chi connectivity index (χ4n) is 1.27. The quantitative estimate of drug-likeness (QED) is 0.746. The van der Waals surface area contributed by atoms with Crippen LogP contribution in [0, 0.1) is 0 Å². The highest BCUT2D eigenvalue weighted by Gasteiger charge is 2.07. The fraction of sp³-hybridized carbons (Fsp3) is 0.500. The van der Waals surface area contributed by atoms with Gasteiger partial charge in [0, 0.05) is 38.8 Å². The number of hydrogen-bond acceptors (Lipinski definition) is 4. The second-order valence-corrected chi connectivity index (χ2v) is 3.20. The standard InChI is InChI=1S/C10H16N2O2/c1-12(7-10(13)8-14-2)9-3-5-11-6-4-9/h3-6,10,13H,7-8H2,1-2H3. The van der Waals surface area contributed by atoms with Gasteiger partial charge in [-0.3, -0.25) is 4.98 Å². The highest BCUT2D eigenvalue weighted by Crippen LogP contribution is 2.09. The van der Waals surface area contributed by atoms with Crippen molar-refractivity contribution in [3.63, 3.8) is 0 Å². The molecule has 0 radical (unpaired) electrons. The second-order valence-electron chi connectivity index (χ2n) is 3.20. The van der Waals surface area contributed by atoms with Gasteiger partial charge in [-0.2, -0.15) is 0 Å². The molecule has 0 aromatic carbocycles. The van der Waals surface area contributed by atoms with Crippen molar-refractivity contribution in [1.29, 1.82) is 0 Å². The first-order valence-electron chi connectivity index (χ1n) is 4.52. The Morgan fingerprint density at radius 2 is 2.14 bits per heavy atom. The first kappa shape index (κ1) is 10.9. The van der Waals surface area contributed by atoms with Crippen LogP contribution in [0.15, 0.2) is 24.5 Å². The molecule has 1 heterocycles. The van der Waals surface area contributed by atoms with Gasteiger partial charge in [0.15, 0.2) is 0 Å². The van der Waals surface area contributed by atoms with Crippen molar-refractivity contribution >= 4 is 5.69 Å². The highest BCUT2D eigenvalue weighted by atomic mass is 16.5. The fourth-order valence-corrected chi connectivity index (χ4v) is 1.27. The summed E-state index contributed by atoms with van der Waals surface area (Å²) in [6.45, 7) is 0.910. The number of anilines is 1. The maximum absolute atomic E-state index is 9.50. The molecule has 4 heteroatoms. The molecular weight excluding hydrogens is 180 g/mol. The Hall–Kier alpha value is -1.13. The molecular formula is C10H16N2O2. The molecule has 0 saturated carbocycles. The molecule has 0 spiro atoms. The molecule has 0 saturated heterocycles. The van der Waals surface area contributed by atoms with Gasteiger partial charge in [0.1, 0.15) is 0 Å². The van der Waals surface area contributed by atoms with Crippen LogP contribution in [0.5, 0.6) is 0 Å². The van der Waals surface area contributed by atoms with E-state index in [4.69, 9.17) is 4.74 Å². The number of ether oxygens (including phenoxy) is 1. The molecule has 1 N–H and O–H groups in total. The number of methoxy groups -OCH3 is 1. The Bertz CT molecular complexity index is 254. The lowest BCUT2D eigenvalue weighted by atomic mass is 10.3. The van der Waals surface area contributed by atoms with Crippen molar-refractivity contribution in [2.45, 2.75) is 6.10 Å². The molecule has 4 nitrogen and oxygen atoms in total. The van der Waals surface area contributed by atoms with Crippen molar-refractivity contribution < 1.29 is 9.84 Å². The Morgan fingerprint density at radius 1 is 1.50 bits per heavy atom. The lowest BCUT2D eigenvalue weighted by Gasteiger charge is -2.21.